The Hall–Kier alpha value is 0.160. The number of rotatable bonds is 1. The van der Waals surface area contributed by atoms with Crippen LogP contribution in [0.3, 0.4) is 0 Å². The summed E-state index contributed by atoms with van der Waals surface area (Å²) >= 11 is 10.6. The fourth-order valence-corrected chi connectivity index (χ4v) is 1.95. The molecule has 0 radical (unpaired) electrons. The van der Waals surface area contributed by atoms with E-state index < -0.39 is 6.28 Å². The first-order chi connectivity index (χ1) is 4.61. The van der Waals surface area contributed by atoms with Crippen molar-refractivity contribution in [3.8, 4) is 0 Å². The normalized spacial score (nSPS) is 13.1. The van der Waals surface area contributed by atoms with Gasteiger partial charge < -0.3 is 0 Å². The van der Waals surface area contributed by atoms with Gasteiger partial charge >= 0.3 is 68.6 Å². The topological polar surface area (TPSA) is 0 Å². The van der Waals surface area contributed by atoms with Crippen molar-refractivity contribution in [2.75, 3.05) is 0 Å². The van der Waals surface area contributed by atoms with Crippen LogP contribution in [-0.4, -0.2) is 0 Å². The predicted octanol–water partition coefficient (Wildman–Crippen LogP) is 3.25. The number of halogens is 3. The van der Waals surface area contributed by atoms with Crippen molar-refractivity contribution in [3.63, 3.8) is 0 Å². The average molecular weight is 199 g/mol. The van der Waals surface area contributed by atoms with Crippen LogP contribution in [0.1, 0.15) is 0 Å². The molecule has 0 aliphatic heterocycles. The third-order valence-corrected chi connectivity index (χ3v) is 3.40. The Morgan fingerprint density at radius 2 is 1.60 bits per heavy atom. The summed E-state index contributed by atoms with van der Waals surface area (Å²) in [5.41, 5.74) is 0. The summed E-state index contributed by atoms with van der Waals surface area (Å²) in [4.78, 5) is 0. The molecule has 10 heavy (non-hydrogen) atoms. The molecule has 0 aliphatic rings. The van der Waals surface area contributed by atoms with Gasteiger partial charge in [-0.1, -0.05) is 0 Å². The summed E-state index contributed by atoms with van der Waals surface area (Å²) in [6.07, 6.45) is -3.59. The van der Waals surface area contributed by atoms with Crippen LogP contribution in [0.25, 0.3) is 0 Å². The summed E-state index contributed by atoms with van der Waals surface area (Å²) < 4.78 is 12.8. The molecule has 56 valence electrons. The van der Waals surface area contributed by atoms with E-state index in [0.29, 0.717) is 5.30 Å². The number of hydrogen-bond acceptors (Lipinski definition) is 0. The molecule has 0 fully saturated rings. The first kappa shape index (κ1) is 8.26. The maximum atomic E-state index is 12.8. The fraction of sp³-hybridized carbons (Fsp3) is 0. The van der Waals surface area contributed by atoms with E-state index >= 15 is 0 Å². The molecule has 0 atom stereocenters. The Bertz CT molecular complexity index is 207. The van der Waals surface area contributed by atoms with Crippen LogP contribution in [0.5, 0.6) is 0 Å². The molecule has 0 bridgehead atoms. The standard InChI is InChI=1S/C6H6Cl2FP/c7-10(8,9)6-4-2-1-3-5-6/h1-5,10H. The van der Waals surface area contributed by atoms with Gasteiger partial charge in [0.25, 0.3) is 0 Å². The van der Waals surface area contributed by atoms with Gasteiger partial charge in [-0.15, -0.1) is 0 Å². The van der Waals surface area contributed by atoms with E-state index in [2.05, 4.69) is 0 Å². The molecular weight excluding hydrogens is 193 g/mol. The summed E-state index contributed by atoms with van der Waals surface area (Å²) in [5.74, 6) is 0. The van der Waals surface area contributed by atoms with Crippen molar-refractivity contribution >= 4 is 34.1 Å². The van der Waals surface area contributed by atoms with E-state index in [0.717, 1.165) is 0 Å². The molecule has 0 spiro atoms. The molecule has 0 aromatic heterocycles. The molecule has 0 unspecified atom stereocenters. The second-order valence-corrected chi connectivity index (χ2v) is 7.14. The Kier molecular flexibility index (Phi) is 2.51. The van der Waals surface area contributed by atoms with Gasteiger partial charge in [-0.2, -0.15) is 0 Å². The van der Waals surface area contributed by atoms with E-state index in [4.69, 9.17) is 22.5 Å². The molecule has 0 saturated heterocycles. The maximum absolute atomic E-state index is 12.8. The monoisotopic (exact) mass is 198 g/mol. The Balaban J connectivity index is 2.97. The SMILES string of the molecule is F[PH](Cl)(Cl)c1ccccc1. The predicted molar refractivity (Wildman–Crippen MR) is 47.2 cm³/mol. The fourth-order valence-electron chi connectivity index (χ4n) is 0.627. The van der Waals surface area contributed by atoms with Crippen molar-refractivity contribution < 1.29 is 4.20 Å². The number of hydrogen-bond donors (Lipinski definition) is 0. The van der Waals surface area contributed by atoms with Crippen molar-refractivity contribution in [1.82, 2.24) is 0 Å². The number of benzene rings is 1. The summed E-state index contributed by atoms with van der Waals surface area (Å²) in [6.45, 7) is 0. The molecule has 1 aromatic carbocycles. The van der Waals surface area contributed by atoms with E-state index in [-0.39, 0.29) is 0 Å². The molecule has 0 aliphatic carbocycles. The molecule has 0 amide bonds. The van der Waals surface area contributed by atoms with Gasteiger partial charge in [0.1, 0.15) is 0 Å². The molecule has 4 heteroatoms. The third-order valence-electron chi connectivity index (χ3n) is 1.10. The summed E-state index contributed by atoms with van der Waals surface area (Å²) in [5, 5.41) is 0.401. The van der Waals surface area contributed by atoms with Crippen LogP contribution >= 0.6 is 28.8 Å². The van der Waals surface area contributed by atoms with Crippen molar-refractivity contribution in [1.29, 1.82) is 0 Å². The van der Waals surface area contributed by atoms with E-state index in [1.807, 2.05) is 0 Å². The molecular formula is C6H6Cl2FP. The van der Waals surface area contributed by atoms with Gasteiger partial charge in [0.15, 0.2) is 0 Å². The molecule has 0 nitrogen and oxygen atoms in total. The van der Waals surface area contributed by atoms with Gasteiger partial charge in [0.2, 0.25) is 0 Å². The zero-order valence-corrected chi connectivity index (χ0v) is 7.53. The summed E-state index contributed by atoms with van der Waals surface area (Å²) in [6, 6.07) is 8.39. The van der Waals surface area contributed by atoms with Crippen molar-refractivity contribution in [2.24, 2.45) is 0 Å². The van der Waals surface area contributed by atoms with Gasteiger partial charge in [-0.05, 0) is 0 Å². The van der Waals surface area contributed by atoms with Gasteiger partial charge in [0.05, 0.1) is 0 Å². The van der Waals surface area contributed by atoms with Crippen LogP contribution < -0.4 is 5.30 Å². The molecule has 1 rings (SSSR count). The van der Waals surface area contributed by atoms with Crippen LogP contribution in [0, 0.1) is 0 Å². The third kappa shape index (κ3) is 2.09. The minimum atomic E-state index is -3.59. The second kappa shape index (κ2) is 3.04. The Morgan fingerprint density at radius 1 is 1.10 bits per heavy atom. The zero-order valence-electron chi connectivity index (χ0n) is 5.02. The van der Waals surface area contributed by atoms with Gasteiger partial charge in [-0.3, -0.25) is 0 Å². The Morgan fingerprint density at radius 3 is 1.90 bits per heavy atom. The zero-order chi connectivity index (χ0) is 7.61. The molecule has 0 N–H and O–H groups in total. The molecule has 1 aromatic rings. The van der Waals surface area contributed by atoms with Gasteiger partial charge in [0, 0.05) is 0 Å². The first-order valence-corrected chi connectivity index (χ1v) is 6.63. The average Bonchev–Trinajstić information content (AvgIpc) is 1.88. The van der Waals surface area contributed by atoms with Crippen LogP contribution in [0.2, 0.25) is 0 Å². The van der Waals surface area contributed by atoms with Gasteiger partial charge in [-0.25, -0.2) is 0 Å². The minimum absolute atomic E-state index is 0.401. The van der Waals surface area contributed by atoms with Crippen molar-refractivity contribution in [3.05, 3.63) is 30.3 Å². The first-order valence-electron chi connectivity index (χ1n) is 2.73. The molecule has 0 saturated carbocycles. The quantitative estimate of drug-likeness (QED) is 0.609. The molecule has 0 heterocycles. The second-order valence-electron chi connectivity index (χ2n) is 1.86. The summed E-state index contributed by atoms with van der Waals surface area (Å²) in [7, 11) is 0. The van der Waals surface area contributed by atoms with Crippen molar-refractivity contribution in [2.45, 2.75) is 0 Å². The van der Waals surface area contributed by atoms with E-state index in [1.54, 1.807) is 30.3 Å². The Labute approximate surface area is 69.0 Å². The van der Waals surface area contributed by atoms with E-state index in [9.17, 15) is 4.20 Å². The van der Waals surface area contributed by atoms with Crippen LogP contribution in [-0.2, 0) is 0 Å². The van der Waals surface area contributed by atoms with Crippen LogP contribution in [0.4, 0.5) is 4.20 Å². The van der Waals surface area contributed by atoms with Crippen LogP contribution in [0.15, 0.2) is 30.3 Å². The van der Waals surface area contributed by atoms with E-state index in [1.165, 1.54) is 0 Å².